The van der Waals surface area contributed by atoms with Crippen molar-refractivity contribution in [2.45, 2.75) is 52.6 Å². The number of aryl methyl sites for hydroxylation is 1. The predicted octanol–water partition coefficient (Wildman–Crippen LogP) is 5.16. The Balaban J connectivity index is 2.72. The van der Waals surface area contributed by atoms with Gasteiger partial charge in [0, 0.05) is 6.54 Å². The van der Waals surface area contributed by atoms with Crippen molar-refractivity contribution < 1.29 is 17.9 Å². The van der Waals surface area contributed by atoms with Crippen molar-refractivity contribution in [3.63, 3.8) is 0 Å². The van der Waals surface area contributed by atoms with Crippen molar-refractivity contribution in [2.75, 3.05) is 26.2 Å². The molecular weight excluding hydrogens is 303 g/mol. The number of ether oxygens (including phenoxy) is 1. The van der Waals surface area contributed by atoms with Gasteiger partial charge in [0.05, 0.1) is 5.56 Å². The number of benzene rings is 1. The van der Waals surface area contributed by atoms with Crippen LogP contribution >= 0.6 is 0 Å². The molecule has 1 rings (SSSR count). The molecule has 132 valence electrons. The van der Waals surface area contributed by atoms with Crippen LogP contribution in [-0.4, -0.2) is 31.1 Å². The van der Waals surface area contributed by atoms with Crippen molar-refractivity contribution in [2.24, 2.45) is 0 Å². The zero-order chi connectivity index (χ0) is 17.3. The van der Waals surface area contributed by atoms with Crippen LogP contribution in [-0.2, 0) is 12.6 Å². The third-order valence-corrected chi connectivity index (χ3v) is 3.59. The first-order chi connectivity index (χ1) is 10.9. The van der Waals surface area contributed by atoms with Gasteiger partial charge in [-0.1, -0.05) is 27.2 Å². The minimum Gasteiger partial charge on any atom is -0.492 e. The monoisotopic (exact) mass is 331 g/mol. The highest BCUT2D eigenvalue weighted by Gasteiger charge is 2.31. The summed E-state index contributed by atoms with van der Waals surface area (Å²) >= 11 is 0. The second kappa shape index (κ2) is 9.81. The van der Waals surface area contributed by atoms with Gasteiger partial charge in [-0.3, -0.25) is 4.90 Å². The number of rotatable bonds is 10. The maximum atomic E-state index is 13.0. The van der Waals surface area contributed by atoms with E-state index in [1.165, 1.54) is 6.07 Å². The van der Waals surface area contributed by atoms with E-state index in [1.807, 2.05) is 6.92 Å². The summed E-state index contributed by atoms with van der Waals surface area (Å²) in [6.07, 6.45) is -0.785. The number of alkyl halides is 3. The predicted molar refractivity (Wildman–Crippen MR) is 88.0 cm³/mol. The summed E-state index contributed by atoms with van der Waals surface area (Å²) in [4.78, 5) is 2.28. The molecule has 0 N–H and O–H groups in total. The first-order valence-electron chi connectivity index (χ1n) is 8.47. The molecule has 23 heavy (non-hydrogen) atoms. The molecule has 0 amide bonds. The van der Waals surface area contributed by atoms with Crippen LogP contribution in [0.1, 0.15) is 51.2 Å². The van der Waals surface area contributed by atoms with Crippen LogP contribution in [0.3, 0.4) is 0 Å². The average molecular weight is 331 g/mol. The molecule has 1 aromatic rings. The highest BCUT2D eigenvalue weighted by molar-refractivity contribution is 5.36. The minimum absolute atomic E-state index is 0.316. The fourth-order valence-corrected chi connectivity index (χ4v) is 2.60. The zero-order valence-corrected chi connectivity index (χ0v) is 14.4. The largest absolute Gasteiger partial charge is 0.492 e. The second-order valence-electron chi connectivity index (χ2n) is 5.80. The Morgan fingerprint density at radius 3 is 2.09 bits per heavy atom. The van der Waals surface area contributed by atoms with Gasteiger partial charge < -0.3 is 4.74 Å². The lowest BCUT2D eigenvalue weighted by atomic mass is 10.1. The van der Waals surface area contributed by atoms with Crippen LogP contribution < -0.4 is 4.74 Å². The third-order valence-electron chi connectivity index (χ3n) is 3.59. The molecule has 0 unspecified atom stereocenters. The Hall–Kier alpha value is -1.23. The molecule has 0 radical (unpaired) electrons. The van der Waals surface area contributed by atoms with Gasteiger partial charge in [0.2, 0.25) is 0 Å². The maximum absolute atomic E-state index is 13.0. The molecule has 0 atom stereocenters. The summed E-state index contributed by atoms with van der Waals surface area (Å²) < 4.78 is 44.5. The van der Waals surface area contributed by atoms with E-state index in [2.05, 4.69) is 18.7 Å². The molecule has 0 aliphatic carbocycles. The van der Waals surface area contributed by atoms with Gasteiger partial charge in [-0.15, -0.1) is 0 Å². The molecule has 0 spiro atoms. The average Bonchev–Trinajstić information content (AvgIpc) is 2.47. The molecule has 0 bridgehead atoms. The smallest absolute Gasteiger partial charge is 0.416 e. The van der Waals surface area contributed by atoms with Crippen molar-refractivity contribution >= 4 is 0 Å². The van der Waals surface area contributed by atoms with E-state index in [0.29, 0.717) is 24.3 Å². The van der Waals surface area contributed by atoms with Crippen LogP contribution in [0.25, 0.3) is 0 Å². The molecule has 0 saturated heterocycles. The van der Waals surface area contributed by atoms with E-state index >= 15 is 0 Å². The van der Waals surface area contributed by atoms with Gasteiger partial charge in [-0.25, -0.2) is 0 Å². The van der Waals surface area contributed by atoms with Crippen molar-refractivity contribution in [1.29, 1.82) is 0 Å². The molecular formula is C18H28F3NO. The third kappa shape index (κ3) is 7.25. The van der Waals surface area contributed by atoms with E-state index in [0.717, 1.165) is 45.0 Å². The van der Waals surface area contributed by atoms with Gasteiger partial charge in [-0.05, 0) is 56.1 Å². The molecule has 0 saturated carbocycles. The Labute approximate surface area is 137 Å². The summed E-state index contributed by atoms with van der Waals surface area (Å²) in [5, 5.41) is 0. The van der Waals surface area contributed by atoms with Crippen LogP contribution in [0.2, 0.25) is 0 Å². The van der Waals surface area contributed by atoms with Crippen molar-refractivity contribution in [3.05, 3.63) is 29.3 Å². The Bertz CT molecular complexity index is 454. The van der Waals surface area contributed by atoms with Gasteiger partial charge in [0.1, 0.15) is 12.4 Å². The van der Waals surface area contributed by atoms with Gasteiger partial charge >= 0.3 is 6.18 Å². The summed E-state index contributed by atoms with van der Waals surface area (Å²) in [6, 6.07) is 4.04. The fourth-order valence-electron chi connectivity index (χ4n) is 2.60. The summed E-state index contributed by atoms with van der Waals surface area (Å²) in [5.74, 6) is 0.316. The summed E-state index contributed by atoms with van der Waals surface area (Å²) in [7, 11) is 0. The quantitative estimate of drug-likeness (QED) is 0.587. The molecule has 1 aromatic carbocycles. The second-order valence-corrected chi connectivity index (χ2v) is 5.80. The van der Waals surface area contributed by atoms with Crippen molar-refractivity contribution in [3.8, 4) is 5.75 Å². The normalized spacial score (nSPS) is 12.0. The van der Waals surface area contributed by atoms with E-state index in [1.54, 1.807) is 6.07 Å². The molecule has 5 heteroatoms. The Kier molecular flexibility index (Phi) is 8.45. The molecule has 0 fully saturated rings. The Morgan fingerprint density at radius 2 is 1.57 bits per heavy atom. The molecule has 0 aromatic heterocycles. The van der Waals surface area contributed by atoms with Gasteiger partial charge in [-0.2, -0.15) is 13.2 Å². The SMILES string of the molecule is CCCc1cc(OCCN(CCC)CCC)cc(C(F)(F)F)c1. The minimum atomic E-state index is -4.34. The van der Waals surface area contributed by atoms with E-state index < -0.39 is 11.7 Å². The first-order valence-corrected chi connectivity index (χ1v) is 8.47. The van der Waals surface area contributed by atoms with Crippen molar-refractivity contribution in [1.82, 2.24) is 4.90 Å². The number of hydrogen-bond acceptors (Lipinski definition) is 2. The number of nitrogens with zero attached hydrogens (tertiary/aromatic N) is 1. The zero-order valence-electron chi connectivity index (χ0n) is 14.4. The highest BCUT2D eigenvalue weighted by Crippen LogP contribution is 2.33. The lowest BCUT2D eigenvalue weighted by Crippen LogP contribution is -2.30. The van der Waals surface area contributed by atoms with E-state index in [9.17, 15) is 13.2 Å². The van der Waals surface area contributed by atoms with Crippen LogP contribution in [0.4, 0.5) is 13.2 Å². The van der Waals surface area contributed by atoms with Crippen LogP contribution in [0, 0.1) is 0 Å². The lowest BCUT2D eigenvalue weighted by molar-refractivity contribution is -0.137. The van der Waals surface area contributed by atoms with Gasteiger partial charge in [0.15, 0.2) is 0 Å². The summed E-state index contributed by atoms with van der Waals surface area (Å²) in [6.45, 7) is 9.31. The molecule has 0 aliphatic rings. The fraction of sp³-hybridized carbons (Fsp3) is 0.667. The summed E-state index contributed by atoms with van der Waals surface area (Å²) in [5.41, 5.74) is 0.0497. The van der Waals surface area contributed by atoms with Crippen LogP contribution in [0.15, 0.2) is 18.2 Å². The number of halogens is 3. The topological polar surface area (TPSA) is 12.5 Å². The molecule has 0 aliphatic heterocycles. The number of hydrogen-bond donors (Lipinski definition) is 0. The molecule has 2 nitrogen and oxygen atoms in total. The first kappa shape index (κ1) is 19.8. The molecule has 0 heterocycles. The maximum Gasteiger partial charge on any atom is 0.416 e. The van der Waals surface area contributed by atoms with Crippen LogP contribution in [0.5, 0.6) is 5.75 Å². The van der Waals surface area contributed by atoms with E-state index in [4.69, 9.17) is 4.74 Å². The lowest BCUT2D eigenvalue weighted by Gasteiger charge is -2.21. The highest BCUT2D eigenvalue weighted by atomic mass is 19.4. The Morgan fingerprint density at radius 1 is 0.913 bits per heavy atom. The van der Waals surface area contributed by atoms with Gasteiger partial charge in [0.25, 0.3) is 0 Å². The van der Waals surface area contributed by atoms with E-state index in [-0.39, 0.29) is 0 Å². The standard InChI is InChI=1S/C18H28F3NO/c1-4-7-15-12-16(18(19,20)21)14-17(13-15)23-11-10-22(8-5-2)9-6-3/h12-14H,4-11H2,1-3H3.